The van der Waals surface area contributed by atoms with Gasteiger partial charge in [0.1, 0.15) is 0 Å². The minimum atomic E-state index is -0.318. The Morgan fingerprint density at radius 1 is 1.47 bits per heavy atom. The molecule has 0 aliphatic heterocycles. The number of hydrogen-bond acceptors (Lipinski definition) is 2. The van der Waals surface area contributed by atoms with Gasteiger partial charge in [0, 0.05) is 11.5 Å². The van der Waals surface area contributed by atoms with Crippen molar-refractivity contribution < 1.29 is 9.13 Å². The van der Waals surface area contributed by atoms with Gasteiger partial charge in [0.2, 0.25) is 0 Å². The second-order valence-electron chi connectivity index (χ2n) is 4.29. The van der Waals surface area contributed by atoms with E-state index in [9.17, 15) is 4.39 Å². The van der Waals surface area contributed by atoms with Crippen molar-refractivity contribution >= 4 is 0 Å². The van der Waals surface area contributed by atoms with Crippen molar-refractivity contribution in [3.63, 3.8) is 0 Å². The Hall–Kier alpha value is -1.09. The van der Waals surface area contributed by atoms with Crippen molar-refractivity contribution in [3.8, 4) is 5.75 Å². The van der Waals surface area contributed by atoms with E-state index in [4.69, 9.17) is 10.5 Å². The highest BCUT2D eigenvalue weighted by molar-refractivity contribution is 5.39. The van der Waals surface area contributed by atoms with Crippen LogP contribution in [0.3, 0.4) is 0 Å². The maximum atomic E-state index is 13.2. The van der Waals surface area contributed by atoms with Crippen LogP contribution in [0.25, 0.3) is 0 Å². The standard InChI is InChI=1S/C12H16FNO/c1-8(14)12(5-6-12)9-3-4-10(13)11(7-9)15-2/h3-4,7-8H,5-6,14H2,1-2H3. The molecule has 1 unspecified atom stereocenters. The van der Waals surface area contributed by atoms with Crippen molar-refractivity contribution in [2.45, 2.75) is 31.2 Å². The topological polar surface area (TPSA) is 35.2 Å². The third-order valence-corrected chi connectivity index (χ3v) is 3.39. The highest BCUT2D eigenvalue weighted by Gasteiger charge is 2.47. The summed E-state index contributed by atoms with van der Waals surface area (Å²) in [6.07, 6.45) is 2.17. The molecule has 0 amide bonds. The van der Waals surface area contributed by atoms with Crippen LogP contribution in [0, 0.1) is 5.82 Å². The summed E-state index contributed by atoms with van der Waals surface area (Å²) in [6.45, 7) is 2.00. The quantitative estimate of drug-likeness (QED) is 0.828. The van der Waals surface area contributed by atoms with Gasteiger partial charge in [0.15, 0.2) is 11.6 Å². The van der Waals surface area contributed by atoms with Crippen LogP contribution in [0.5, 0.6) is 5.75 Å². The molecule has 0 saturated heterocycles. The zero-order valence-electron chi connectivity index (χ0n) is 9.09. The van der Waals surface area contributed by atoms with E-state index in [0.29, 0.717) is 5.75 Å². The van der Waals surface area contributed by atoms with Gasteiger partial charge in [-0.3, -0.25) is 0 Å². The molecule has 0 radical (unpaired) electrons. The lowest BCUT2D eigenvalue weighted by Gasteiger charge is -2.20. The number of halogens is 1. The lowest BCUT2D eigenvalue weighted by molar-refractivity contribution is 0.384. The molecule has 0 aromatic heterocycles. The fourth-order valence-corrected chi connectivity index (χ4v) is 2.11. The van der Waals surface area contributed by atoms with Gasteiger partial charge in [0.25, 0.3) is 0 Å². The van der Waals surface area contributed by atoms with E-state index in [-0.39, 0.29) is 17.3 Å². The van der Waals surface area contributed by atoms with Crippen molar-refractivity contribution in [2.24, 2.45) is 5.73 Å². The van der Waals surface area contributed by atoms with E-state index in [0.717, 1.165) is 18.4 Å². The van der Waals surface area contributed by atoms with Gasteiger partial charge in [-0.05, 0) is 37.5 Å². The first-order valence-electron chi connectivity index (χ1n) is 5.20. The first-order chi connectivity index (χ1) is 7.10. The normalized spacial score (nSPS) is 19.7. The van der Waals surface area contributed by atoms with Gasteiger partial charge in [-0.25, -0.2) is 4.39 Å². The Bertz CT molecular complexity index is 372. The highest BCUT2D eigenvalue weighted by Crippen LogP contribution is 2.50. The molecule has 1 aromatic carbocycles. The zero-order valence-corrected chi connectivity index (χ0v) is 9.09. The molecular formula is C12H16FNO. The van der Waals surface area contributed by atoms with E-state index in [1.54, 1.807) is 6.07 Å². The molecule has 0 bridgehead atoms. The number of hydrogen-bond donors (Lipinski definition) is 1. The molecule has 2 nitrogen and oxygen atoms in total. The summed E-state index contributed by atoms with van der Waals surface area (Å²) in [7, 11) is 1.48. The van der Waals surface area contributed by atoms with E-state index in [2.05, 4.69) is 0 Å². The molecule has 82 valence electrons. The van der Waals surface area contributed by atoms with Crippen molar-refractivity contribution in [3.05, 3.63) is 29.6 Å². The lowest BCUT2D eigenvalue weighted by atomic mass is 9.89. The molecule has 3 heteroatoms. The monoisotopic (exact) mass is 209 g/mol. The summed E-state index contributed by atoms with van der Waals surface area (Å²) in [5.41, 5.74) is 7.11. The highest BCUT2D eigenvalue weighted by atomic mass is 19.1. The molecule has 0 heterocycles. The van der Waals surface area contributed by atoms with Crippen LogP contribution in [0.1, 0.15) is 25.3 Å². The number of methoxy groups -OCH3 is 1. The van der Waals surface area contributed by atoms with E-state index in [1.165, 1.54) is 13.2 Å². The molecule has 1 saturated carbocycles. The summed E-state index contributed by atoms with van der Waals surface area (Å²) in [5, 5.41) is 0. The fourth-order valence-electron chi connectivity index (χ4n) is 2.11. The fraction of sp³-hybridized carbons (Fsp3) is 0.500. The summed E-state index contributed by atoms with van der Waals surface area (Å²) in [4.78, 5) is 0. The van der Waals surface area contributed by atoms with Crippen molar-refractivity contribution in [1.82, 2.24) is 0 Å². The van der Waals surface area contributed by atoms with Crippen LogP contribution in [0.4, 0.5) is 4.39 Å². The second-order valence-corrected chi connectivity index (χ2v) is 4.29. The van der Waals surface area contributed by atoms with Gasteiger partial charge >= 0.3 is 0 Å². The zero-order chi connectivity index (χ0) is 11.1. The SMILES string of the molecule is COc1cc(C2(C(C)N)CC2)ccc1F. The molecule has 1 aliphatic carbocycles. The largest absolute Gasteiger partial charge is 0.494 e. The Morgan fingerprint density at radius 2 is 2.13 bits per heavy atom. The van der Waals surface area contributed by atoms with E-state index in [1.807, 2.05) is 13.0 Å². The van der Waals surface area contributed by atoms with Crippen LogP contribution < -0.4 is 10.5 Å². The Kier molecular flexibility index (Phi) is 2.43. The van der Waals surface area contributed by atoms with Gasteiger partial charge < -0.3 is 10.5 Å². The number of rotatable bonds is 3. The van der Waals surface area contributed by atoms with Crippen molar-refractivity contribution in [2.75, 3.05) is 7.11 Å². The molecule has 15 heavy (non-hydrogen) atoms. The van der Waals surface area contributed by atoms with Crippen molar-refractivity contribution in [1.29, 1.82) is 0 Å². The van der Waals surface area contributed by atoms with E-state index < -0.39 is 0 Å². The molecular weight excluding hydrogens is 193 g/mol. The van der Waals surface area contributed by atoms with Crippen LogP contribution in [-0.2, 0) is 5.41 Å². The first-order valence-corrected chi connectivity index (χ1v) is 5.20. The predicted octanol–water partition coefficient (Wildman–Crippen LogP) is 2.21. The number of nitrogens with two attached hydrogens (primary N) is 1. The van der Waals surface area contributed by atoms with Crippen LogP contribution >= 0.6 is 0 Å². The third-order valence-electron chi connectivity index (χ3n) is 3.39. The summed E-state index contributed by atoms with van der Waals surface area (Å²) in [5.74, 6) is -0.0128. The maximum Gasteiger partial charge on any atom is 0.165 e. The number of ether oxygens (including phenoxy) is 1. The van der Waals surface area contributed by atoms with Crippen LogP contribution in [-0.4, -0.2) is 13.2 Å². The van der Waals surface area contributed by atoms with Crippen LogP contribution in [0.2, 0.25) is 0 Å². The molecule has 1 fully saturated rings. The minimum absolute atomic E-state index is 0.0565. The molecule has 2 N–H and O–H groups in total. The average Bonchev–Trinajstić information content (AvgIpc) is 2.99. The molecule has 0 spiro atoms. The summed E-state index contributed by atoms with van der Waals surface area (Å²) < 4.78 is 18.2. The van der Waals surface area contributed by atoms with Crippen LogP contribution in [0.15, 0.2) is 18.2 Å². The first kappa shape index (κ1) is 10.4. The molecule has 1 aromatic rings. The van der Waals surface area contributed by atoms with Gasteiger partial charge in [-0.1, -0.05) is 6.07 Å². The molecule has 1 aliphatic rings. The summed E-state index contributed by atoms with van der Waals surface area (Å²) >= 11 is 0. The average molecular weight is 209 g/mol. The number of benzene rings is 1. The van der Waals surface area contributed by atoms with Gasteiger partial charge in [0.05, 0.1) is 7.11 Å². The smallest absolute Gasteiger partial charge is 0.165 e. The second kappa shape index (κ2) is 3.49. The molecule has 1 atom stereocenters. The minimum Gasteiger partial charge on any atom is -0.494 e. The maximum absolute atomic E-state index is 13.2. The predicted molar refractivity (Wildman–Crippen MR) is 57.5 cm³/mol. The molecule has 2 rings (SSSR count). The lowest BCUT2D eigenvalue weighted by Crippen LogP contribution is -2.31. The third kappa shape index (κ3) is 1.61. The van der Waals surface area contributed by atoms with Gasteiger partial charge in [-0.2, -0.15) is 0 Å². The Morgan fingerprint density at radius 3 is 2.60 bits per heavy atom. The Labute approximate surface area is 89.2 Å². The van der Waals surface area contributed by atoms with Gasteiger partial charge in [-0.15, -0.1) is 0 Å². The van der Waals surface area contributed by atoms with E-state index >= 15 is 0 Å². The summed E-state index contributed by atoms with van der Waals surface area (Å²) in [6, 6.07) is 5.14. The Balaban J connectivity index is 2.38.